The van der Waals surface area contributed by atoms with E-state index in [0.29, 0.717) is 0 Å². The van der Waals surface area contributed by atoms with Crippen molar-refractivity contribution in [1.82, 2.24) is 0 Å². The Bertz CT molecular complexity index is 1310. The van der Waals surface area contributed by atoms with Crippen LogP contribution in [-0.4, -0.2) is 0 Å². The molecular weight excluding hydrogens is 490 g/mol. The third-order valence-electron chi connectivity index (χ3n) is 5.61. The number of rotatable bonds is 2. The van der Waals surface area contributed by atoms with Gasteiger partial charge in [-0.1, -0.05) is 59.2 Å². The van der Waals surface area contributed by atoms with Gasteiger partial charge in [0.05, 0.1) is 11.5 Å². The summed E-state index contributed by atoms with van der Waals surface area (Å²) in [5.41, 5.74) is 6.43. The first-order valence-electron chi connectivity index (χ1n) is 9.37. The minimum absolute atomic E-state index is 0. The Morgan fingerprint density at radius 1 is 0.767 bits per heavy atom. The van der Waals surface area contributed by atoms with Crippen LogP contribution in [0.5, 0.6) is 0 Å². The number of furan rings is 1. The number of benzene rings is 3. The van der Waals surface area contributed by atoms with Crippen LogP contribution in [0.15, 0.2) is 77.2 Å². The van der Waals surface area contributed by atoms with E-state index < -0.39 is 0 Å². The summed E-state index contributed by atoms with van der Waals surface area (Å²) in [6, 6.07) is 26.1. The molecule has 0 bridgehead atoms. The molecule has 0 saturated heterocycles. The quantitative estimate of drug-likeness (QED) is 0.328. The molecule has 0 saturated carbocycles. The molecule has 5 aromatic rings. The molecule has 1 radical (unpaired) electrons. The van der Waals surface area contributed by atoms with Crippen LogP contribution >= 0.6 is 0 Å². The normalized spacial score (nSPS) is 10.4. The van der Waals surface area contributed by atoms with Crippen molar-refractivity contribution in [2.24, 2.45) is 0 Å². The zero-order valence-electron chi connectivity index (χ0n) is 17.1. The monoisotopic (exact) mass is 509 g/mol. The maximum absolute atomic E-state index is 5.88. The Balaban J connectivity index is 0.00000107. The fourth-order valence-electron chi connectivity index (χ4n) is 4.12. The molecule has 0 spiro atoms. The van der Waals surface area contributed by atoms with Gasteiger partial charge in [0.25, 0.3) is 0 Å². The van der Waals surface area contributed by atoms with Crippen LogP contribution in [0.3, 0.4) is 0 Å². The van der Waals surface area contributed by atoms with Crippen LogP contribution in [0.4, 0.5) is 0 Å². The molecule has 0 aliphatic heterocycles. The van der Waals surface area contributed by atoms with Crippen LogP contribution < -0.4 is 24.8 Å². The maximum atomic E-state index is 5.88. The summed E-state index contributed by atoms with van der Waals surface area (Å²) in [4.78, 5) is 0. The molecule has 0 N–H and O–H groups in total. The molecular formula is C26H21Cl2OZr. The van der Waals surface area contributed by atoms with Gasteiger partial charge in [0, 0.05) is 0 Å². The minimum atomic E-state index is 0. The van der Waals surface area contributed by atoms with Crippen molar-refractivity contribution >= 4 is 21.5 Å². The predicted molar refractivity (Wildman–Crippen MR) is 114 cm³/mol. The van der Waals surface area contributed by atoms with Crippen molar-refractivity contribution in [3.8, 4) is 22.5 Å². The number of hydrogen-bond acceptors (Lipinski definition) is 1. The standard InChI is InChI=1S/C26H21O.2ClH.Zr/c1-16-13-20-14-21(25-12-11-17(2)27-25)15-24(20)26(18(16)3)23-10-6-8-19-7-4-5-9-22(19)23;;;/h4-15H,1-3H3;2*1H;/q-1;;;+3/p-2. The van der Waals surface area contributed by atoms with Gasteiger partial charge in [0.15, 0.2) is 0 Å². The van der Waals surface area contributed by atoms with E-state index in [2.05, 4.69) is 80.6 Å². The summed E-state index contributed by atoms with van der Waals surface area (Å²) in [5.74, 6) is 1.87. The van der Waals surface area contributed by atoms with Gasteiger partial charge in [-0.05, 0) is 54.8 Å². The van der Waals surface area contributed by atoms with E-state index >= 15 is 0 Å². The maximum Gasteiger partial charge on any atom is 3.00 e. The van der Waals surface area contributed by atoms with Crippen molar-refractivity contribution in [2.75, 3.05) is 0 Å². The molecule has 1 heterocycles. The fraction of sp³-hybridized carbons (Fsp3) is 0.115. The van der Waals surface area contributed by atoms with Gasteiger partial charge in [-0.25, -0.2) is 0 Å². The molecule has 0 aliphatic rings. The van der Waals surface area contributed by atoms with E-state index in [1.807, 2.05) is 13.0 Å². The molecule has 1 aromatic heterocycles. The van der Waals surface area contributed by atoms with Crippen molar-refractivity contribution in [1.29, 1.82) is 0 Å². The second-order valence-electron chi connectivity index (χ2n) is 7.38. The Kier molecular flexibility index (Phi) is 7.86. The third kappa shape index (κ3) is 4.06. The Labute approximate surface area is 208 Å². The molecule has 30 heavy (non-hydrogen) atoms. The predicted octanol–water partition coefficient (Wildman–Crippen LogP) is 1.57. The van der Waals surface area contributed by atoms with Crippen LogP contribution in [0, 0.1) is 20.8 Å². The van der Waals surface area contributed by atoms with Crippen molar-refractivity contribution in [2.45, 2.75) is 20.8 Å². The van der Waals surface area contributed by atoms with Gasteiger partial charge in [-0.3, -0.25) is 0 Å². The largest absolute Gasteiger partial charge is 3.00 e. The average Bonchev–Trinajstić information content (AvgIpc) is 3.28. The smallest absolute Gasteiger partial charge is 1.00 e. The second kappa shape index (κ2) is 9.60. The van der Waals surface area contributed by atoms with Gasteiger partial charge in [-0.15, -0.1) is 29.0 Å². The third-order valence-corrected chi connectivity index (χ3v) is 5.61. The van der Waals surface area contributed by atoms with Crippen LogP contribution in [0.25, 0.3) is 44.0 Å². The number of fused-ring (bicyclic) bond motifs is 2. The molecule has 0 unspecified atom stereocenters. The van der Waals surface area contributed by atoms with Gasteiger partial charge in [0.2, 0.25) is 0 Å². The zero-order chi connectivity index (χ0) is 18.5. The SMILES string of the molecule is Cc1ccc(-c2cc3c(-c4cccc5ccccc45)c(C)c(C)cc3[cH-]2)o1.[Cl-].[Cl-].[Zr+3]. The Morgan fingerprint density at radius 3 is 2.23 bits per heavy atom. The number of aryl methyl sites for hydroxylation is 2. The summed E-state index contributed by atoms with van der Waals surface area (Å²) >= 11 is 0. The second-order valence-corrected chi connectivity index (χ2v) is 7.38. The molecule has 0 fully saturated rings. The minimum Gasteiger partial charge on any atom is -1.00 e. The van der Waals surface area contributed by atoms with Crippen molar-refractivity contribution in [3.63, 3.8) is 0 Å². The summed E-state index contributed by atoms with van der Waals surface area (Å²) in [6.07, 6.45) is 0. The van der Waals surface area contributed by atoms with E-state index in [0.717, 1.165) is 17.1 Å². The van der Waals surface area contributed by atoms with E-state index in [4.69, 9.17) is 4.42 Å². The van der Waals surface area contributed by atoms with Crippen molar-refractivity contribution < 1.29 is 55.4 Å². The van der Waals surface area contributed by atoms with E-state index in [-0.39, 0.29) is 51.0 Å². The van der Waals surface area contributed by atoms with Crippen LogP contribution in [0.2, 0.25) is 0 Å². The molecule has 1 nitrogen and oxygen atoms in total. The summed E-state index contributed by atoms with van der Waals surface area (Å²) in [5, 5.41) is 5.13. The molecule has 4 aromatic carbocycles. The van der Waals surface area contributed by atoms with E-state index in [1.54, 1.807) is 0 Å². The van der Waals surface area contributed by atoms with Gasteiger partial charge < -0.3 is 29.2 Å². The van der Waals surface area contributed by atoms with E-state index in [1.165, 1.54) is 43.8 Å². The van der Waals surface area contributed by atoms with Crippen LogP contribution in [-0.2, 0) is 26.2 Å². The van der Waals surface area contributed by atoms with Crippen molar-refractivity contribution in [3.05, 3.63) is 89.7 Å². The molecule has 149 valence electrons. The summed E-state index contributed by atoms with van der Waals surface area (Å²) < 4.78 is 5.88. The first-order chi connectivity index (χ1) is 13.1. The summed E-state index contributed by atoms with van der Waals surface area (Å²) in [6.45, 7) is 6.42. The Morgan fingerprint density at radius 2 is 1.50 bits per heavy atom. The fourth-order valence-corrected chi connectivity index (χ4v) is 4.12. The first kappa shape index (κ1) is 24.5. The van der Waals surface area contributed by atoms with E-state index in [9.17, 15) is 0 Å². The molecule has 0 atom stereocenters. The Hall–Kier alpha value is -1.73. The van der Waals surface area contributed by atoms with Gasteiger partial charge >= 0.3 is 26.2 Å². The number of halogens is 2. The first-order valence-corrected chi connectivity index (χ1v) is 9.37. The molecule has 5 rings (SSSR count). The van der Waals surface area contributed by atoms with Gasteiger partial charge in [-0.2, -0.15) is 0 Å². The molecule has 0 amide bonds. The van der Waals surface area contributed by atoms with Gasteiger partial charge in [0.1, 0.15) is 0 Å². The topological polar surface area (TPSA) is 13.1 Å². The van der Waals surface area contributed by atoms with Crippen LogP contribution in [0.1, 0.15) is 16.9 Å². The molecule has 4 heteroatoms. The average molecular weight is 512 g/mol. The summed E-state index contributed by atoms with van der Waals surface area (Å²) in [7, 11) is 0. The zero-order valence-corrected chi connectivity index (χ0v) is 21.1. The number of hydrogen-bond donors (Lipinski definition) is 0. The molecule has 0 aliphatic carbocycles.